The Balaban J connectivity index is 1.63. The minimum atomic E-state index is -3.02. The molecule has 25 heavy (non-hydrogen) atoms. The number of anilines is 1. The number of amides is 1. The molecule has 1 amide bonds. The Morgan fingerprint density at radius 1 is 1.24 bits per heavy atom. The van der Waals surface area contributed by atoms with Crippen LogP contribution >= 0.6 is 0 Å². The number of carbonyl (C=O) groups excluding carboxylic acids is 1. The van der Waals surface area contributed by atoms with Crippen molar-refractivity contribution in [2.45, 2.75) is 19.4 Å². The number of hydrogen-bond donors (Lipinski definition) is 0. The summed E-state index contributed by atoms with van der Waals surface area (Å²) < 4.78 is 23.2. The largest absolute Gasteiger partial charge is 0.338 e. The molecule has 2 fully saturated rings. The second-order valence-electron chi connectivity index (χ2n) is 6.67. The Bertz CT molecular complexity index is 714. The van der Waals surface area contributed by atoms with Gasteiger partial charge in [-0.05, 0) is 13.0 Å². The van der Waals surface area contributed by atoms with Crippen molar-refractivity contribution < 1.29 is 13.2 Å². The standard InChI is InChI=1S/C16H25N5O3S/c1-3-20-5-7-21(8-6-20)16-17-10-13(11-18-16)15(22)19(2)14-4-9-25(23,24)12-14/h10-11,14H,3-9,12H2,1-2H3. The SMILES string of the molecule is CCN1CCN(c2ncc(C(=O)N(C)C3CCS(=O)(=O)C3)cn2)CC1. The van der Waals surface area contributed by atoms with E-state index in [0.29, 0.717) is 17.9 Å². The number of likely N-dealkylation sites (N-methyl/N-ethyl adjacent to an activating group) is 1. The van der Waals surface area contributed by atoms with E-state index in [-0.39, 0.29) is 23.5 Å². The van der Waals surface area contributed by atoms with Gasteiger partial charge in [0.05, 0.1) is 17.1 Å². The zero-order chi connectivity index (χ0) is 18.0. The van der Waals surface area contributed by atoms with E-state index in [4.69, 9.17) is 0 Å². The minimum Gasteiger partial charge on any atom is -0.338 e. The van der Waals surface area contributed by atoms with Crippen molar-refractivity contribution in [2.24, 2.45) is 0 Å². The molecular formula is C16H25N5O3S. The van der Waals surface area contributed by atoms with Gasteiger partial charge in [-0.3, -0.25) is 4.79 Å². The number of rotatable bonds is 4. The van der Waals surface area contributed by atoms with Crippen molar-refractivity contribution in [1.29, 1.82) is 0 Å². The molecule has 9 heteroatoms. The summed E-state index contributed by atoms with van der Waals surface area (Å²) in [5.74, 6) is 0.590. The van der Waals surface area contributed by atoms with Gasteiger partial charge in [0.1, 0.15) is 0 Å². The number of sulfone groups is 1. The maximum Gasteiger partial charge on any atom is 0.257 e. The van der Waals surface area contributed by atoms with Gasteiger partial charge in [0.2, 0.25) is 5.95 Å². The van der Waals surface area contributed by atoms with E-state index >= 15 is 0 Å². The smallest absolute Gasteiger partial charge is 0.257 e. The number of aromatic nitrogens is 2. The first-order valence-electron chi connectivity index (χ1n) is 8.66. The minimum absolute atomic E-state index is 0.0376. The number of nitrogens with zero attached hydrogens (tertiary/aromatic N) is 5. The third kappa shape index (κ3) is 4.09. The van der Waals surface area contributed by atoms with Gasteiger partial charge < -0.3 is 14.7 Å². The van der Waals surface area contributed by atoms with Crippen LogP contribution in [0.2, 0.25) is 0 Å². The van der Waals surface area contributed by atoms with Crippen LogP contribution in [0.1, 0.15) is 23.7 Å². The van der Waals surface area contributed by atoms with Crippen molar-refractivity contribution in [2.75, 3.05) is 56.2 Å². The first kappa shape index (κ1) is 18.1. The first-order chi connectivity index (χ1) is 11.9. The predicted octanol–water partition coefficient (Wildman–Crippen LogP) is -0.122. The van der Waals surface area contributed by atoms with E-state index < -0.39 is 9.84 Å². The highest BCUT2D eigenvalue weighted by atomic mass is 32.2. The van der Waals surface area contributed by atoms with Crippen LogP contribution in [-0.2, 0) is 9.84 Å². The lowest BCUT2D eigenvalue weighted by Crippen LogP contribution is -2.46. The van der Waals surface area contributed by atoms with Crippen molar-refractivity contribution >= 4 is 21.7 Å². The topological polar surface area (TPSA) is 86.7 Å². The highest BCUT2D eigenvalue weighted by molar-refractivity contribution is 7.91. The fourth-order valence-electron chi connectivity index (χ4n) is 3.31. The molecule has 2 aliphatic heterocycles. The summed E-state index contributed by atoms with van der Waals surface area (Å²) >= 11 is 0. The molecule has 2 saturated heterocycles. The van der Waals surface area contributed by atoms with Crippen LogP contribution in [0.5, 0.6) is 0 Å². The lowest BCUT2D eigenvalue weighted by atomic mass is 10.2. The van der Waals surface area contributed by atoms with E-state index in [1.807, 2.05) is 0 Å². The molecule has 3 rings (SSSR count). The Morgan fingerprint density at radius 3 is 2.40 bits per heavy atom. The first-order valence-corrected chi connectivity index (χ1v) is 10.5. The maximum atomic E-state index is 12.5. The zero-order valence-corrected chi connectivity index (χ0v) is 15.6. The number of piperazine rings is 1. The Morgan fingerprint density at radius 2 is 1.88 bits per heavy atom. The molecule has 0 N–H and O–H groups in total. The van der Waals surface area contributed by atoms with Crippen molar-refractivity contribution in [3.05, 3.63) is 18.0 Å². The highest BCUT2D eigenvalue weighted by Crippen LogP contribution is 2.19. The Hall–Kier alpha value is -1.74. The molecule has 3 heterocycles. The van der Waals surface area contributed by atoms with Gasteiger partial charge in [0, 0.05) is 51.7 Å². The van der Waals surface area contributed by atoms with Gasteiger partial charge in [-0.1, -0.05) is 6.92 Å². The molecule has 1 atom stereocenters. The summed E-state index contributed by atoms with van der Waals surface area (Å²) in [5.41, 5.74) is 0.391. The van der Waals surface area contributed by atoms with Gasteiger partial charge in [-0.2, -0.15) is 0 Å². The molecule has 1 aromatic rings. The molecule has 1 aromatic heterocycles. The van der Waals surface area contributed by atoms with Crippen LogP contribution in [0, 0.1) is 0 Å². The molecule has 2 aliphatic rings. The highest BCUT2D eigenvalue weighted by Gasteiger charge is 2.33. The Labute approximate surface area is 148 Å². The van der Waals surface area contributed by atoms with Crippen LogP contribution in [0.4, 0.5) is 5.95 Å². The van der Waals surface area contributed by atoms with Crippen molar-refractivity contribution in [1.82, 2.24) is 19.8 Å². The van der Waals surface area contributed by atoms with E-state index in [2.05, 4.69) is 26.7 Å². The van der Waals surface area contributed by atoms with E-state index in [0.717, 1.165) is 32.7 Å². The van der Waals surface area contributed by atoms with Crippen LogP contribution in [0.15, 0.2) is 12.4 Å². The number of carbonyl (C=O) groups is 1. The van der Waals surface area contributed by atoms with Crippen LogP contribution in [0.25, 0.3) is 0 Å². The summed E-state index contributed by atoms with van der Waals surface area (Å²) in [6.45, 7) is 6.92. The van der Waals surface area contributed by atoms with Crippen LogP contribution < -0.4 is 4.90 Å². The normalized spacial score (nSPS) is 23.6. The van der Waals surface area contributed by atoms with Gasteiger partial charge in [0.25, 0.3) is 5.91 Å². The molecule has 0 bridgehead atoms. The van der Waals surface area contributed by atoms with Crippen molar-refractivity contribution in [3.63, 3.8) is 0 Å². The molecule has 8 nitrogen and oxygen atoms in total. The van der Waals surface area contributed by atoms with Crippen LogP contribution in [0.3, 0.4) is 0 Å². The third-order valence-corrected chi connectivity index (χ3v) is 6.81. The quantitative estimate of drug-likeness (QED) is 0.733. The second kappa shape index (κ2) is 7.25. The zero-order valence-electron chi connectivity index (χ0n) is 14.8. The van der Waals surface area contributed by atoms with Crippen LogP contribution in [-0.4, -0.2) is 91.4 Å². The fourth-order valence-corrected chi connectivity index (χ4v) is 5.08. The van der Waals surface area contributed by atoms with Gasteiger partial charge >= 0.3 is 0 Å². The molecule has 0 spiro atoms. The molecular weight excluding hydrogens is 342 g/mol. The summed E-state index contributed by atoms with van der Waals surface area (Å²) in [6.07, 6.45) is 3.57. The monoisotopic (exact) mass is 367 g/mol. The lowest BCUT2D eigenvalue weighted by Gasteiger charge is -2.34. The predicted molar refractivity (Wildman–Crippen MR) is 95.5 cm³/mol. The summed E-state index contributed by atoms with van der Waals surface area (Å²) in [7, 11) is -1.38. The van der Waals surface area contributed by atoms with E-state index in [1.54, 1.807) is 7.05 Å². The summed E-state index contributed by atoms with van der Waals surface area (Å²) in [5, 5.41) is 0. The van der Waals surface area contributed by atoms with E-state index in [1.165, 1.54) is 17.3 Å². The van der Waals surface area contributed by atoms with E-state index in [9.17, 15) is 13.2 Å². The average Bonchev–Trinajstić information content (AvgIpc) is 3.00. The third-order valence-electron chi connectivity index (χ3n) is 5.06. The number of hydrogen-bond acceptors (Lipinski definition) is 7. The molecule has 0 aliphatic carbocycles. The average molecular weight is 367 g/mol. The van der Waals surface area contributed by atoms with Gasteiger partial charge in [0.15, 0.2) is 9.84 Å². The van der Waals surface area contributed by atoms with Gasteiger partial charge in [-0.15, -0.1) is 0 Å². The summed E-state index contributed by atoms with van der Waals surface area (Å²) in [6, 6.07) is -0.265. The second-order valence-corrected chi connectivity index (χ2v) is 8.89. The molecule has 138 valence electrons. The Kier molecular flexibility index (Phi) is 5.24. The maximum absolute atomic E-state index is 12.5. The summed E-state index contributed by atoms with van der Waals surface area (Å²) in [4.78, 5) is 27.2. The fraction of sp³-hybridized carbons (Fsp3) is 0.688. The van der Waals surface area contributed by atoms with Gasteiger partial charge in [-0.25, -0.2) is 18.4 Å². The molecule has 1 unspecified atom stereocenters. The van der Waals surface area contributed by atoms with Crippen molar-refractivity contribution in [3.8, 4) is 0 Å². The molecule has 0 saturated carbocycles. The lowest BCUT2D eigenvalue weighted by molar-refractivity contribution is 0.0747. The molecule has 0 radical (unpaired) electrons. The molecule has 0 aromatic carbocycles.